The molecule has 1 aliphatic carbocycles. The van der Waals surface area contributed by atoms with E-state index < -0.39 is 0 Å². The monoisotopic (exact) mass is 245 g/mol. The van der Waals surface area contributed by atoms with Gasteiger partial charge in [-0.15, -0.1) is 0 Å². The zero-order chi connectivity index (χ0) is 12.5. The van der Waals surface area contributed by atoms with Crippen molar-refractivity contribution in [2.45, 2.75) is 31.6 Å². The highest BCUT2D eigenvalue weighted by Gasteiger charge is 2.22. The molecule has 5 nitrogen and oxygen atoms in total. The summed E-state index contributed by atoms with van der Waals surface area (Å²) in [5.74, 6) is 1.67. The summed E-state index contributed by atoms with van der Waals surface area (Å²) in [5, 5.41) is 13.6. The maximum atomic E-state index is 9.56. The molecule has 3 N–H and O–H groups in total. The van der Waals surface area contributed by atoms with E-state index in [0.717, 1.165) is 18.7 Å². The van der Waals surface area contributed by atoms with Crippen molar-refractivity contribution in [2.75, 3.05) is 5.73 Å². The number of nitrogens with zero attached hydrogens (tertiary/aromatic N) is 2. The van der Waals surface area contributed by atoms with Crippen LogP contribution in [0.25, 0.3) is 11.5 Å². The molecule has 0 bridgehead atoms. The number of phenols is 1. The van der Waals surface area contributed by atoms with Gasteiger partial charge in [0.1, 0.15) is 5.75 Å². The molecule has 1 saturated carbocycles. The Morgan fingerprint density at radius 2 is 2.06 bits per heavy atom. The first-order chi connectivity index (χ1) is 8.74. The Morgan fingerprint density at radius 1 is 1.28 bits per heavy atom. The first kappa shape index (κ1) is 11.1. The number of rotatable bonds is 2. The minimum Gasteiger partial charge on any atom is -0.506 e. The fourth-order valence-corrected chi connectivity index (χ4v) is 2.38. The van der Waals surface area contributed by atoms with Crippen LogP contribution < -0.4 is 5.73 Å². The quantitative estimate of drug-likeness (QED) is 0.627. The van der Waals surface area contributed by atoms with Crippen LogP contribution in [0.5, 0.6) is 5.75 Å². The van der Waals surface area contributed by atoms with Gasteiger partial charge in [0, 0.05) is 11.5 Å². The van der Waals surface area contributed by atoms with Gasteiger partial charge >= 0.3 is 0 Å². The van der Waals surface area contributed by atoms with Crippen LogP contribution in [-0.4, -0.2) is 15.2 Å². The molecule has 0 aliphatic heterocycles. The predicted molar refractivity (Wildman–Crippen MR) is 67.0 cm³/mol. The average Bonchev–Trinajstić information content (AvgIpc) is 3.01. The highest BCUT2D eigenvalue weighted by molar-refractivity contribution is 5.63. The second kappa shape index (κ2) is 4.33. The summed E-state index contributed by atoms with van der Waals surface area (Å²) in [4.78, 5) is 4.40. The average molecular weight is 245 g/mol. The van der Waals surface area contributed by atoms with Gasteiger partial charge in [0.15, 0.2) is 5.82 Å². The topological polar surface area (TPSA) is 85.2 Å². The van der Waals surface area contributed by atoms with Crippen LogP contribution in [0.15, 0.2) is 22.7 Å². The first-order valence-electron chi connectivity index (χ1n) is 6.16. The van der Waals surface area contributed by atoms with Crippen molar-refractivity contribution in [1.29, 1.82) is 0 Å². The molecular formula is C13H15N3O2. The van der Waals surface area contributed by atoms with Gasteiger partial charge in [0.2, 0.25) is 0 Å². The summed E-state index contributed by atoms with van der Waals surface area (Å²) < 4.78 is 5.24. The van der Waals surface area contributed by atoms with Crippen LogP contribution in [-0.2, 0) is 0 Å². The van der Waals surface area contributed by atoms with Crippen molar-refractivity contribution in [3.05, 3.63) is 24.0 Å². The van der Waals surface area contributed by atoms with Crippen LogP contribution >= 0.6 is 0 Å². The molecule has 5 heteroatoms. The molecule has 1 aromatic carbocycles. The number of nitrogens with two attached hydrogens (primary N) is 1. The van der Waals surface area contributed by atoms with E-state index in [4.69, 9.17) is 10.3 Å². The number of aromatic hydroxyl groups is 1. The van der Waals surface area contributed by atoms with Gasteiger partial charge in [-0.2, -0.15) is 4.98 Å². The Bertz CT molecular complexity index is 559. The molecule has 0 saturated heterocycles. The third-order valence-corrected chi connectivity index (χ3v) is 3.44. The van der Waals surface area contributed by atoms with Crippen LogP contribution in [0.1, 0.15) is 37.4 Å². The van der Waals surface area contributed by atoms with Gasteiger partial charge in [-0.05, 0) is 31.0 Å². The van der Waals surface area contributed by atoms with E-state index in [-0.39, 0.29) is 5.75 Å². The zero-order valence-corrected chi connectivity index (χ0v) is 9.97. The minimum absolute atomic E-state index is 0.0353. The van der Waals surface area contributed by atoms with Crippen molar-refractivity contribution in [1.82, 2.24) is 10.1 Å². The number of hydrogen-bond acceptors (Lipinski definition) is 5. The largest absolute Gasteiger partial charge is 0.506 e. The molecular weight excluding hydrogens is 230 g/mol. The molecule has 1 aromatic heterocycles. The Kier molecular flexibility index (Phi) is 2.66. The van der Waals surface area contributed by atoms with E-state index in [1.807, 2.05) is 0 Å². The number of phenolic OH excluding ortho intramolecular Hbond substituents is 1. The fourth-order valence-electron chi connectivity index (χ4n) is 2.38. The van der Waals surface area contributed by atoms with E-state index in [1.54, 1.807) is 18.2 Å². The maximum absolute atomic E-state index is 9.56. The summed E-state index contributed by atoms with van der Waals surface area (Å²) in [7, 11) is 0. The van der Waals surface area contributed by atoms with Crippen molar-refractivity contribution in [3.8, 4) is 17.2 Å². The highest BCUT2D eigenvalue weighted by Crippen LogP contribution is 2.34. The van der Waals surface area contributed by atoms with Crippen molar-refractivity contribution < 1.29 is 9.63 Å². The van der Waals surface area contributed by atoms with Crippen LogP contribution in [0, 0.1) is 0 Å². The second-order valence-electron chi connectivity index (χ2n) is 4.71. The normalized spacial score (nSPS) is 16.2. The maximum Gasteiger partial charge on any atom is 0.258 e. The molecule has 2 aromatic rings. The minimum atomic E-state index is 0.0353. The molecule has 0 unspecified atom stereocenters. The fraction of sp³-hybridized carbons (Fsp3) is 0.385. The lowest BCUT2D eigenvalue weighted by atomic mass is 10.1. The molecule has 18 heavy (non-hydrogen) atoms. The number of aromatic nitrogens is 2. The Morgan fingerprint density at radius 3 is 2.78 bits per heavy atom. The third-order valence-electron chi connectivity index (χ3n) is 3.44. The van der Waals surface area contributed by atoms with Crippen LogP contribution in [0.3, 0.4) is 0 Å². The molecule has 0 spiro atoms. The number of nitrogen functional groups attached to an aromatic ring is 1. The summed E-state index contributed by atoms with van der Waals surface area (Å²) >= 11 is 0. The summed E-state index contributed by atoms with van der Waals surface area (Å²) in [5.41, 5.74) is 6.59. The lowest BCUT2D eigenvalue weighted by molar-refractivity contribution is 0.415. The van der Waals surface area contributed by atoms with Crippen molar-refractivity contribution in [3.63, 3.8) is 0 Å². The summed E-state index contributed by atoms with van der Waals surface area (Å²) in [6.45, 7) is 0. The van der Waals surface area contributed by atoms with Gasteiger partial charge in [-0.3, -0.25) is 0 Å². The van der Waals surface area contributed by atoms with Gasteiger partial charge in [0.25, 0.3) is 5.89 Å². The zero-order valence-electron chi connectivity index (χ0n) is 9.97. The van der Waals surface area contributed by atoms with E-state index in [9.17, 15) is 5.11 Å². The molecule has 0 radical (unpaired) electrons. The van der Waals surface area contributed by atoms with Gasteiger partial charge in [-0.1, -0.05) is 18.0 Å². The first-order valence-corrected chi connectivity index (χ1v) is 6.16. The van der Waals surface area contributed by atoms with Crippen LogP contribution in [0.4, 0.5) is 5.69 Å². The van der Waals surface area contributed by atoms with Crippen LogP contribution in [0.2, 0.25) is 0 Å². The lowest BCUT2D eigenvalue weighted by Crippen LogP contribution is -1.94. The molecule has 3 rings (SSSR count). The molecule has 0 atom stereocenters. The van der Waals surface area contributed by atoms with E-state index in [2.05, 4.69) is 10.1 Å². The summed E-state index contributed by atoms with van der Waals surface area (Å²) in [6, 6.07) is 4.94. The standard InChI is InChI=1S/C13H15N3O2/c14-10-6-5-9(7-11(10)17)13-15-12(16-18-13)8-3-1-2-4-8/h5-8,17H,1-4,14H2. The number of hydrogen-bond donors (Lipinski definition) is 2. The second-order valence-corrected chi connectivity index (χ2v) is 4.71. The highest BCUT2D eigenvalue weighted by atomic mass is 16.5. The van der Waals surface area contributed by atoms with Gasteiger partial charge < -0.3 is 15.4 Å². The van der Waals surface area contributed by atoms with E-state index >= 15 is 0 Å². The Hall–Kier alpha value is -2.04. The Balaban J connectivity index is 1.89. The molecule has 94 valence electrons. The smallest absolute Gasteiger partial charge is 0.258 e. The number of anilines is 1. The van der Waals surface area contributed by atoms with Gasteiger partial charge in [0.05, 0.1) is 5.69 Å². The molecule has 1 fully saturated rings. The molecule has 0 amide bonds. The van der Waals surface area contributed by atoms with E-state index in [0.29, 0.717) is 23.1 Å². The number of benzene rings is 1. The molecule has 1 aliphatic rings. The van der Waals surface area contributed by atoms with E-state index in [1.165, 1.54) is 12.8 Å². The molecule has 1 heterocycles. The van der Waals surface area contributed by atoms with Crippen molar-refractivity contribution in [2.24, 2.45) is 0 Å². The summed E-state index contributed by atoms with van der Waals surface area (Å²) in [6.07, 6.45) is 4.73. The predicted octanol–water partition coefficient (Wildman–Crippen LogP) is 2.68. The Labute approximate surface area is 105 Å². The van der Waals surface area contributed by atoms with Gasteiger partial charge in [-0.25, -0.2) is 0 Å². The SMILES string of the molecule is Nc1ccc(-c2nc(C3CCCC3)no2)cc1O. The van der Waals surface area contributed by atoms with Crippen molar-refractivity contribution >= 4 is 5.69 Å². The third kappa shape index (κ3) is 1.92. The lowest BCUT2D eigenvalue weighted by Gasteiger charge is -2.00.